The number of rotatable bonds is 5. The van der Waals surface area contributed by atoms with E-state index >= 15 is 0 Å². The molecule has 0 radical (unpaired) electrons. The minimum Gasteiger partial charge on any atom is -0.492 e. The van der Waals surface area contributed by atoms with Crippen LogP contribution in [0.3, 0.4) is 0 Å². The number of aliphatic hydroxyl groups excluding tert-OH is 1. The molecule has 0 bridgehead atoms. The second kappa shape index (κ2) is 6.58. The van der Waals surface area contributed by atoms with Crippen molar-refractivity contribution in [1.82, 2.24) is 4.98 Å². The van der Waals surface area contributed by atoms with Gasteiger partial charge < -0.3 is 9.84 Å². The monoisotopic (exact) mass is 297 g/mol. The second-order valence-electron chi connectivity index (χ2n) is 4.46. The highest BCUT2D eigenvalue weighted by atomic mass is 19.4. The Labute approximate surface area is 120 Å². The number of halogens is 3. The lowest BCUT2D eigenvalue weighted by molar-refractivity contribution is -0.139. The Hall–Kier alpha value is -2.08. The number of hydrogen-bond acceptors (Lipinski definition) is 3. The first kappa shape index (κ1) is 15.3. The normalized spacial score (nSPS) is 13.0. The Balaban J connectivity index is 2.13. The number of ether oxygens (including phenoxy) is 1. The van der Waals surface area contributed by atoms with Crippen LogP contribution in [0.5, 0.6) is 5.75 Å². The molecule has 6 heteroatoms. The molecule has 0 saturated carbocycles. The summed E-state index contributed by atoms with van der Waals surface area (Å²) >= 11 is 0. The molecule has 0 aliphatic rings. The summed E-state index contributed by atoms with van der Waals surface area (Å²) in [5, 5.41) is 9.36. The molecule has 1 heterocycles. The Bertz CT molecular complexity index is 573. The van der Waals surface area contributed by atoms with Gasteiger partial charge in [0.2, 0.25) is 0 Å². The maximum atomic E-state index is 12.8. The fourth-order valence-corrected chi connectivity index (χ4v) is 1.91. The number of aliphatic hydroxyl groups is 1. The summed E-state index contributed by atoms with van der Waals surface area (Å²) in [6.45, 7) is -0.272. The van der Waals surface area contributed by atoms with Gasteiger partial charge in [-0.05, 0) is 29.8 Å². The molecule has 0 aliphatic heterocycles. The van der Waals surface area contributed by atoms with Gasteiger partial charge in [0.1, 0.15) is 5.75 Å². The van der Waals surface area contributed by atoms with Gasteiger partial charge in [0.05, 0.1) is 18.8 Å². The topological polar surface area (TPSA) is 42.4 Å². The first-order valence-electron chi connectivity index (χ1n) is 6.32. The molecule has 2 aromatic rings. The maximum absolute atomic E-state index is 12.8. The molecule has 0 amide bonds. The summed E-state index contributed by atoms with van der Waals surface area (Å²) in [5.41, 5.74) is -0.0617. The van der Waals surface area contributed by atoms with Gasteiger partial charge in [0, 0.05) is 18.3 Å². The number of benzene rings is 1. The van der Waals surface area contributed by atoms with E-state index in [-0.39, 0.29) is 19.0 Å². The van der Waals surface area contributed by atoms with Gasteiger partial charge in [-0.25, -0.2) is 0 Å². The van der Waals surface area contributed by atoms with Crippen molar-refractivity contribution in [3.05, 3.63) is 59.9 Å². The summed E-state index contributed by atoms with van der Waals surface area (Å²) in [4.78, 5) is 3.86. The first-order valence-corrected chi connectivity index (χ1v) is 6.32. The van der Waals surface area contributed by atoms with Crippen molar-refractivity contribution in [2.24, 2.45) is 0 Å². The molecule has 1 unspecified atom stereocenters. The Morgan fingerprint density at radius 3 is 2.38 bits per heavy atom. The zero-order valence-electron chi connectivity index (χ0n) is 11.0. The molecular weight excluding hydrogens is 283 g/mol. The van der Waals surface area contributed by atoms with Crippen molar-refractivity contribution in [1.29, 1.82) is 0 Å². The van der Waals surface area contributed by atoms with E-state index in [0.717, 1.165) is 11.6 Å². The zero-order chi connectivity index (χ0) is 15.3. The van der Waals surface area contributed by atoms with Crippen LogP contribution >= 0.6 is 0 Å². The lowest BCUT2D eigenvalue weighted by atomic mass is 10.0. The van der Waals surface area contributed by atoms with Gasteiger partial charge >= 0.3 is 6.18 Å². The number of nitrogens with zero attached hydrogens (tertiary/aromatic N) is 1. The molecule has 3 nitrogen and oxygen atoms in total. The summed E-state index contributed by atoms with van der Waals surface area (Å²) in [7, 11) is 0. The van der Waals surface area contributed by atoms with Crippen LogP contribution in [0.1, 0.15) is 17.0 Å². The summed E-state index contributed by atoms with van der Waals surface area (Å²) in [5.74, 6) is -0.646. The molecule has 112 valence electrons. The SMILES string of the molecule is OCC(COc1ccccc1C(F)(F)F)c1ccncc1. The van der Waals surface area contributed by atoms with Crippen LogP contribution in [0.4, 0.5) is 13.2 Å². The minimum atomic E-state index is -4.47. The molecular formula is C15H14F3NO2. The van der Waals surface area contributed by atoms with Crippen molar-refractivity contribution < 1.29 is 23.0 Å². The smallest absolute Gasteiger partial charge is 0.419 e. The maximum Gasteiger partial charge on any atom is 0.419 e. The van der Waals surface area contributed by atoms with E-state index in [4.69, 9.17) is 4.74 Å². The highest BCUT2D eigenvalue weighted by molar-refractivity contribution is 5.35. The van der Waals surface area contributed by atoms with Crippen LogP contribution in [0.25, 0.3) is 0 Å². The van der Waals surface area contributed by atoms with Gasteiger partial charge in [-0.2, -0.15) is 13.2 Å². The second-order valence-corrected chi connectivity index (χ2v) is 4.46. The van der Waals surface area contributed by atoms with E-state index in [0.29, 0.717) is 0 Å². The number of para-hydroxylation sites is 1. The van der Waals surface area contributed by atoms with Crippen LogP contribution in [-0.4, -0.2) is 23.3 Å². The van der Waals surface area contributed by atoms with E-state index < -0.39 is 17.7 Å². The average Bonchev–Trinajstić information content (AvgIpc) is 2.48. The molecule has 0 saturated heterocycles. The van der Waals surface area contributed by atoms with Gasteiger partial charge in [-0.3, -0.25) is 4.98 Å². The van der Waals surface area contributed by atoms with Crippen LogP contribution in [0.2, 0.25) is 0 Å². The van der Waals surface area contributed by atoms with E-state index in [9.17, 15) is 18.3 Å². The fourth-order valence-electron chi connectivity index (χ4n) is 1.91. The third-order valence-electron chi connectivity index (χ3n) is 3.03. The Kier molecular flexibility index (Phi) is 4.80. The zero-order valence-corrected chi connectivity index (χ0v) is 11.0. The lowest BCUT2D eigenvalue weighted by Crippen LogP contribution is -2.16. The van der Waals surface area contributed by atoms with E-state index in [2.05, 4.69) is 4.98 Å². The predicted molar refractivity (Wildman–Crippen MR) is 71.0 cm³/mol. The lowest BCUT2D eigenvalue weighted by Gasteiger charge is -2.18. The number of hydrogen-bond donors (Lipinski definition) is 1. The molecule has 21 heavy (non-hydrogen) atoms. The number of aromatic nitrogens is 1. The van der Waals surface area contributed by atoms with Gasteiger partial charge in [0.25, 0.3) is 0 Å². The van der Waals surface area contributed by atoms with Crippen molar-refractivity contribution >= 4 is 0 Å². The highest BCUT2D eigenvalue weighted by Gasteiger charge is 2.34. The van der Waals surface area contributed by atoms with E-state index in [1.807, 2.05) is 0 Å². The molecule has 0 fully saturated rings. The summed E-state index contributed by atoms with van der Waals surface area (Å²) in [6, 6.07) is 8.41. The standard InChI is InChI=1S/C15H14F3NO2/c16-15(17,18)13-3-1-2-4-14(13)21-10-12(9-20)11-5-7-19-8-6-11/h1-8,12,20H,9-10H2. The molecule has 1 atom stereocenters. The molecule has 0 spiro atoms. The Morgan fingerprint density at radius 2 is 1.76 bits per heavy atom. The van der Waals surface area contributed by atoms with Gasteiger partial charge in [0.15, 0.2) is 0 Å². The quantitative estimate of drug-likeness (QED) is 0.921. The van der Waals surface area contributed by atoms with Crippen LogP contribution < -0.4 is 4.74 Å². The molecule has 1 N–H and O–H groups in total. The van der Waals surface area contributed by atoms with Crippen LogP contribution in [0.15, 0.2) is 48.8 Å². The largest absolute Gasteiger partial charge is 0.492 e. The minimum absolute atomic E-state index is 0.0480. The van der Waals surface area contributed by atoms with Crippen LogP contribution in [-0.2, 0) is 6.18 Å². The predicted octanol–water partition coefficient (Wildman–Crippen LogP) is 3.26. The van der Waals surface area contributed by atoms with Crippen molar-refractivity contribution in [3.63, 3.8) is 0 Å². The highest BCUT2D eigenvalue weighted by Crippen LogP contribution is 2.36. The van der Waals surface area contributed by atoms with Crippen LogP contribution in [0, 0.1) is 0 Å². The molecule has 2 rings (SSSR count). The third-order valence-corrected chi connectivity index (χ3v) is 3.03. The van der Waals surface area contributed by atoms with E-state index in [1.165, 1.54) is 18.2 Å². The van der Waals surface area contributed by atoms with Crippen molar-refractivity contribution in [2.75, 3.05) is 13.2 Å². The molecule has 0 aliphatic carbocycles. The van der Waals surface area contributed by atoms with Gasteiger partial charge in [-0.15, -0.1) is 0 Å². The number of pyridine rings is 1. The Morgan fingerprint density at radius 1 is 1.10 bits per heavy atom. The summed E-state index contributed by atoms with van der Waals surface area (Å²) < 4.78 is 43.8. The number of alkyl halides is 3. The van der Waals surface area contributed by atoms with Crippen molar-refractivity contribution in [3.8, 4) is 5.75 Å². The average molecular weight is 297 g/mol. The first-order chi connectivity index (χ1) is 10.0. The fraction of sp³-hybridized carbons (Fsp3) is 0.267. The third kappa shape index (κ3) is 3.95. The molecule has 1 aromatic carbocycles. The van der Waals surface area contributed by atoms with Crippen molar-refractivity contribution in [2.45, 2.75) is 12.1 Å². The van der Waals surface area contributed by atoms with Gasteiger partial charge in [-0.1, -0.05) is 12.1 Å². The van der Waals surface area contributed by atoms with E-state index in [1.54, 1.807) is 24.5 Å². The molecule has 1 aromatic heterocycles. The summed E-state index contributed by atoms with van der Waals surface area (Å²) in [6.07, 6.45) is -1.36.